The molecule has 5 nitrogen and oxygen atoms in total. The van der Waals surface area contributed by atoms with Gasteiger partial charge in [-0.25, -0.2) is 9.18 Å². The van der Waals surface area contributed by atoms with Crippen LogP contribution in [0, 0.1) is 5.82 Å². The molecular weight excluding hydrogens is 237 g/mol. The second-order valence-electron chi connectivity index (χ2n) is 4.22. The number of amides is 1. The van der Waals surface area contributed by atoms with Crippen molar-refractivity contribution in [2.75, 3.05) is 25.5 Å². The zero-order valence-corrected chi connectivity index (χ0v) is 9.98. The Bertz CT molecular complexity index is 502. The molecule has 2 N–H and O–H groups in total. The van der Waals surface area contributed by atoms with Gasteiger partial charge >= 0.3 is 6.09 Å². The lowest BCUT2D eigenvalue weighted by Gasteiger charge is -2.23. The minimum Gasteiger partial charge on any atom is -0.465 e. The van der Waals surface area contributed by atoms with Crippen LogP contribution >= 0.6 is 0 Å². The average Bonchev–Trinajstić information content (AvgIpc) is 2.30. The predicted octanol–water partition coefficient (Wildman–Crippen LogP) is 2.03. The van der Waals surface area contributed by atoms with E-state index in [4.69, 9.17) is 5.11 Å². The summed E-state index contributed by atoms with van der Waals surface area (Å²) < 4.78 is 13.8. The van der Waals surface area contributed by atoms with Crippen molar-refractivity contribution >= 4 is 17.4 Å². The predicted molar refractivity (Wildman–Crippen MR) is 65.9 cm³/mol. The molecule has 1 aromatic heterocycles. The molecule has 0 aromatic carbocycles. The van der Waals surface area contributed by atoms with Crippen molar-refractivity contribution in [3.8, 4) is 0 Å². The van der Waals surface area contributed by atoms with Gasteiger partial charge < -0.3 is 10.0 Å². The van der Waals surface area contributed by atoms with E-state index >= 15 is 0 Å². The van der Waals surface area contributed by atoms with Crippen molar-refractivity contribution in [2.24, 2.45) is 0 Å². The summed E-state index contributed by atoms with van der Waals surface area (Å²) in [6.45, 7) is 1.55. The molecule has 1 aromatic rings. The van der Waals surface area contributed by atoms with E-state index < -0.39 is 11.9 Å². The van der Waals surface area contributed by atoms with Gasteiger partial charge in [0.25, 0.3) is 0 Å². The molecule has 0 saturated heterocycles. The highest BCUT2D eigenvalue weighted by molar-refractivity contribution is 5.88. The van der Waals surface area contributed by atoms with Crippen LogP contribution < -0.4 is 5.32 Å². The van der Waals surface area contributed by atoms with Gasteiger partial charge in [-0.1, -0.05) is 6.08 Å². The number of hydrogen-bond acceptors (Lipinski definition) is 3. The van der Waals surface area contributed by atoms with Gasteiger partial charge in [0.2, 0.25) is 0 Å². The van der Waals surface area contributed by atoms with Crippen LogP contribution in [0.15, 0.2) is 18.5 Å². The van der Waals surface area contributed by atoms with Gasteiger partial charge in [-0.3, -0.25) is 10.3 Å². The van der Waals surface area contributed by atoms with Crippen LogP contribution in [0.4, 0.5) is 14.9 Å². The van der Waals surface area contributed by atoms with Gasteiger partial charge in [-0.05, 0) is 19.0 Å². The lowest BCUT2D eigenvalue weighted by molar-refractivity contribution is 0.209. The third-order valence-corrected chi connectivity index (χ3v) is 2.87. The first-order valence-electron chi connectivity index (χ1n) is 5.59. The lowest BCUT2D eigenvalue weighted by Crippen LogP contribution is -2.24. The standard InChI is InChI=1S/C12H14FN3O2/c1-16-4-2-8(3-5-16)11-9(13)6-14-7-10(11)15-12(17)18/h2,6-7,15H,3-5H2,1H3,(H,17,18). The third kappa shape index (κ3) is 2.65. The van der Waals surface area contributed by atoms with Gasteiger partial charge in [0, 0.05) is 18.7 Å². The Morgan fingerprint density at radius 1 is 1.56 bits per heavy atom. The second-order valence-corrected chi connectivity index (χ2v) is 4.22. The van der Waals surface area contributed by atoms with Crippen LogP contribution in [0.2, 0.25) is 0 Å². The summed E-state index contributed by atoms with van der Waals surface area (Å²) in [5, 5.41) is 10.9. The fourth-order valence-electron chi connectivity index (χ4n) is 1.97. The Labute approximate surface area is 104 Å². The van der Waals surface area contributed by atoms with Crippen molar-refractivity contribution in [1.29, 1.82) is 0 Å². The molecule has 0 fully saturated rings. The zero-order valence-electron chi connectivity index (χ0n) is 9.98. The number of pyridine rings is 1. The number of aromatic nitrogens is 1. The number of carboxylic acid groups (broad SMARTS) is 1. The number of likely N-dealkylation sites (N-methyl/N-ethyl adjacent to an activating group) is 1. The molecule has 2 heterocycles. The molecule has 0 saturated carbocycles. The Morgan fingerprint density at radius 3 is 2.94 bits per heavy atom. The van der Waals surface area contributed by atoms with Gasteiger partial charge in [0.15, 0.2) is 5.82 Å². The maximum atomic E-state index is 13.8. The molecule has 1 aliphatic heterocycles. The molecular formula is C12H14FN3O2. The molecule has 18 heavy (non-hydrogen) atoms. The maximum Gasteiger partial charge on any atom is 0.409 e. The van der Waals surface area contributed by atoms with Gasteiger partial charge in [-0.15, -0.1) is 0 Å². The minimum atomic E-state index is -1.22. The maximum absolute atomic E-state index is 13.8. The molecule has 0 bridgehead atoms. The highest BCUT2D eigenvalue weighted by Crippen LogP contribution is 2.30. The Morgan fingerprint density at radius 2 is 2.33 bits per heavy atom. The van der Waals surface area contributed by atoms with Gasteiger partial charge in [-0.2, -0.15) is 0 Å². The van der Waals surface area contributed by atoms with Crippen LogP contribution in [0.1, 0.15) is 12.0 Å². The largest absolute Gasteiger partial charge is 0.465 e. The quantitative estimate of drug-likeness (QED) is 0.844. The van der Waals surface area contributed by atoms with Crippen molar-refractivity contribution < 1.29 is 14.3 Å². The first-order valence-corrected chi connectivity index (χ1v) is 5.59. The summed E-state index contributed by atoms with van der Waals surface area (Å²) in [4.78, 5) is 16.5. The number of nitrogens with zero attached hydrogens (tertiary/aromatic N) is 2. The summed E-state index contributed by atoms with van der Waals surface area (Å²) in [5.74, 6) is -0.503. The van der Waals surface area contributed by atoms with Crippen molar-refractivity contribution in [1.82, 2.24) is 9.88 Å². The molecule has 0 atom stereocenters. The van der Waals surface area contributed by atoms with Crippen LogP contribution in [-0.2, 0) is 0 Å². The van der Waals surface area contributed by atoms with E-state index in [1.807, 2.05) is 13.1 Å². The zero-order chi connectivity index (χ0) is 13.1. The van der Waals surface area contributed by atoms with E-state index in [9.17, 15) is 9.18 Å². The fraction of sp³-hybridized carbons (Fsp3) is 0.333. The number of nitrogens with one attached hydrogen (secondary N) is 1. The third-order valence-electron chi connectivity index (χ3n) is 2.87. The van der Waals surface area contributed by atoms with E-state index in [1.165, 1.54) is 6.20 Å². The van der Waals surface area contributed by atoms with Crippen LogP contribution in [-0.4, -0.2) is 41.2 Å². The van der Waals surface area contributed by atoms with E-state index in [-0.39, 0.29) is 5.69 Å². The molecule has 1 aliphatic rings. The molecule has 2 rings (SSSR count). The topological polar surface area (TPSA) is 65.5 Å². The highest BCUT2D eigenvalue weighted by Gasteiger charge is 2.18. The first kappa shape index (κ1) is 12.5. The first-order chi connectivity index (χ1) is 8.58. The normalized spacial score (nSPS) is 16.2. The minimum absolute atomic E-state index is 0.193. The molecule has 0 spiro atoms. The van der Waals surface area contributed by atoms with Crippen molar-refractivity contribution in [3.63, 3.8) is 0 Å². The molecule has 0 radical (unpaired) electrons. The number of rotatable bonds is 2. The molecule has 0 aliphatic carbocycles. The molecule has 0 unspecified atom stereocenters. The second kappa shape index (κ2) is 5.14. The Balaban J connectivity index is 2.39. The van der Waals surface area contributed by atoms with Crippen LogP contribution in [0.5, 0.6) is 0 Å². The fourth-order valence-corrected chi connectivity index (χ4v) is 1.97. The number of carbonyl (C=O) groups is 1. The van der Waals surface area contributed by atoms with Crippen LogP contribution in [0.3, 0.4) is 0 Å². The summed E-state index contributed by atoms with van der Waals surface area (Å²) in [6.07, 6.45) is 3.80. The van der Waals surface area contributed by atoms with Crippen LogP contribution in [0.25, 0.3) is 5.57 Å². The monoisotopic (exact) mass is 251 g/mol. The van der Waals surface area contributed by atoms with Gasteiger partial charge in [0.1, 0.15) is 0 Å². The number of anilines is 1. The summed E-state index contributed by atoms with van der Waals surface area (Å²) in [5.41, 5.74) is 1.32. The Kier molecular flexibility index (Phi) is 3.57. The Hall–Kier alpha value is -1.95. The molecule has 96 valence electrons. The van der Waals surface area contributed by atoms with Crippen molar-refractivity contribution in [3.05, 3.63) is 29.9 Å². The number of halogens is 1. The van der Waals surface area contributed by atoms with E-state index in [1.54, 1.807) is 0 Å². The molecule has 6 heteroatoms. The van der Waals surface area contributed by atoms with E-state index in [0.717, 1.165) is 24.9 Å². The summed E-state index contributed by atoms with van der Waals surface area (Å²) in [6, 6.07) is 0. The van der Waals surface area contributed by atoms with E-state index in [2.05, 4.69) is 15.2 Å². The smallest absolute Gasteiger partial charge is 0.409 e. The van der Waals surface area contributed by atoms with E-state index in [0.29, 0.717) is 12.0 Å². The summed E-state index contributed by atoms with van der Waals surface area (Å²) in [7, 11) is 1.98. The van der Waals surface area contributed by atoms with Gasteiger partial charge in [0.05, 0.1) is 18.1 Å². The summed E-state index contributed by atoms with van der Waals surface area (Å²) >= 11 is 0. The average molecular weight is 251 g/mol. The van der Waals surface area contributed by atoms with Crippen molar-refractivity contribution in [2.45, 2.75) is 6.42 Å². The number of hydrogen-bond donors (Lipinski definition) is 2. The SMILES string of the molecule is CN1CC=C(c2c(F)cncc2NC(=O)O)CC1. The molecule has 1 amide bonds. The highest BCUT2D eigenvalue weighted by atomic mass is 19.1. The lowest BCUT2D eigenvalue weighted by atomic mass is 9.99.